The molecule has 0 bridgehead atoms. The zero-order chi connectivity index (χ0) is 21.6. The minimum atomic E-state index is -3.63. The molecule has 9 heteroatoms. The van der Waals surface area contributed by atoms with E-state index >= 15 is 0 Å². The van der Waals surface area contributed by atoms with E-state index in [0.717, 1.165) is 4.90 Å². The highest BCUT2D eigenvalue weighted by Gasteiger charge is 2.31. The molecule has 1 aliphatic rings. The van der Waals surface area contributed by atoms with Gasteiger partial charge in [0.25, 0.3) is 5.91 Å². The molecule has 8 nitrogen and oxygen atoms in total. The summed E-state index contributed by atoms with van der Waals surface area (Å²) in [5.41, 5.74) is 0.321. The summed E-state index contributed by atoms with van der Waals surface area (Å²) in [6.07, 6.45) is 0. The zero-order valence-corrected chi connectivity index (χ0v) is 18.4. The Hall–Kier alpha value is -1.97. The normalized spacial score (nSPS) is 17.1. The standard InChI is InChI=1S/C20H31N3O5S/c1-5-28-20(25)17-6-8-18(9-7-17)29(26,27)23-12-10-22(11-13-23)14-19(24)21-16(4)15(2)3/h6-9,15-16H,5,10-14H2,1-4H3,(H,21,24)/p+1/t16-/m0/s1. The molecule has 0 radical (unpaired) electrons. The quantitative estimate of drug-likeness (QED) is 0.567. The number of piperazine rings is 1. The summed E-state index contributed by atoms with van der Waals surface area (Å²) in [7, 11) is -3.63. The van der Waals surface area contributed by atoms with Crippen LogP contribution < -0.4 is 10.2 Å². The molecule has 0 spiro atoms. The summed E-state index contributed by atoms with van der Waals surface area (Å²) < 4.78 is 32.1. The summed E-state index contributed by atoms with van der Waals surface area (Å²) in [6, 6.07) is 5.91. The van der Waals surface area contributed by atoms with Crippen molar-refractivity contribution in [2.24, 2.45) is 5.92 Å². The number of quaternary nitrogens is 1. The van der Waals surface area contributed by atoms with Crippen LogP contribution in [0.2, 0.25) is 0 Å². The molecule has 1 saturated heterocycles. The van der Waals surface area contributed by atoms with E-state index in [1.165, 1.54) is 28.6 Å². The van der Waals surface area contributed by atoms with Crippen LogP contribution in [0.15, 0.2) is 29.2 Å². The minimum absolute atomic E-state index is 0.00735. The van der Waals surface area contributed by atoms with Crippen molar-refractivity contribution >= 4 is 21.9 Å². The molecule has 1 aromatic rings. The van der Waals surface area contributed by atoms with Crippen molar-refractivity contribution < 1.29 is 27.6 Å². The van der Waals surface area contributed by atoms with Crippen LogP contribution in [-0.4, -0.2) is 70.0 Å². The van der Waals surface area contributed by atoms with Crippen molar-refractivity contribution in [3.63, 3.8) is 0 Å². The summed E-state index contributed by atoms with van der Waals surface area (Å²) in [6.45, 7) is 10.3. The Bertz CT molecular complexity index is 800. The van der Waals surface area contributed by atoms with Gasteiger partial charge in [-0.3, -0.25) is 4.79 Å². The van der Waals surface area contributed by atoms with Crippen LogP contribution in [0.5, 0.6) is 0 Å². The summed E-state index contributed by atoms with van der Waals surface area (Å²) >= 11 is 0. The number of sulfonamides is 1. The Morgan fingerprint density at radius 1 is 1.14 bits per heavy atom. The first-order valence-corrected chi connectivity index (χ1v) is 11.5. The number of carbonyl (C=O) groups excluding carboxylic acids is 2. The predicted molar refractivity (Wildman–Crippen MR) is 109 cm³/mol. The number of ether oxygens (including phenoxy) is 1. The number of rotatable bonds is 8. The predicted octanol–water partition coefficient (Wildman–Crippen LogP) is -0.0868. The van der Waals surface area contributed by atoms with Crippen LogP contribution in [0, 0.1) is 5.92 Å². The zero-order valence-electron chi connectivity index (χ0n) is 17.6. The first-order valence-electron chi connectivity index (χ1n) is 10.1. The number of nitrogens with zero attached hydrogens (tertiary/aromatic N) is 1. The molecule has 1 fully saturated rings. The van der Waals surface area contributed by atoms with Gasteiger partial charge >= 0.3 is 5.97 Å². The van der Waals surface area contributed by atoms with Gasteiger partial charge in [0.05, 0.1) is 43.2 Å². The van der Waals surface area contributed by atoms with Gasteiger partial charge < -0.3 is 15.0 Å². The lowest BCUT2D eigenvalue weighted by Gasteiger charge is -2.31. The van der Waals surface area contributed by atoms with Crippen LogP contribution in [0.1, 0.15) is 38.1 Å². The van der Waals surface area contributed by atoms with Gasteiger partial charge in [0.2, 0.25) is 10.0 Å². The van der Waals surface area contributed by atoms with Crippen LogP contribution in [-0.2, 0) is 19.6 Å². The fraction of sp³-hybridized carbons (Fsp3) is 0.600. The molecule has 29 heavy (non-hydrogen) atoms. The maximum absolute atomic E-state index is 12.9. The first-order chi connectivity index (χ1) is 13.6. The van der Waals surface area contributed by atoms with Gasteiger partial charge in [-0.1, -0.05) is 13.8 Å². The number of carbonyl (C=O) groups is 2. The second-order valence-corrected chi connectivity index (χ2v) is 9.61. The van der Waals surface area contributed by atoms with E-state index in [2.05, 4.69) is 19.2 Å². The van der Waals surface area contributed by atoms with E-state index in [0.29, 0.717) is 44.2 Å². The van der Waals surface area contributed by atoms with Gasteiger partial charge in [-0.25, -0.2) is 13.2 Å². The fourth-order valence-electron chi connectivity index (χ4n) is 3.04. The average molecular weight is 427 g/mol. The van der Waals surface area contributed by atoms with E-state index in [-0.39, 0.29) is 23.5 Å². The summed E-state index contributed by atoms with van der Waals surface area (Å²) in [5.74, 6) is -0.114. The van der Waals surface area contributed by atoms with Crippen molar-refractivity contribution in [3.8, 4) is 0 Å². The van der Waals surface area contributed by atoms with Gasteiger partial charge in [-0.05, 0) is 44.0 Å². The van der Waals surface area contributed by atoms with Crippen LogP contribution >= 0.6 is 0 Å². The van der Waals surface area contributed by atoms with Crippen LogP contribution in [0.4, 0.5) is 0 Å². The van der Waals surface area contributed by atoms with Crippen molar-refractivity contribution in [2.45, 2.75) is 38.6 Å². The van der Waals surface area contributed by atoms with Gasteiger partial charge in [0, 0.05) is 6.04 Å². The highest BCUT2D eigenvalue weighted by atomic mass is 32.2. The molecule has 2 rings (SSSR count). The Labute approximate surface area is 173 Å². The number of hydrogen-bond acceptors (Lipinski definition) is 5. The first kappa shape index (κ1) is 23.3. The van der Waals surface area contributed by atoms with Crippen molar-refractivity contribution in [3.05, 3.63) is 29.8 Å². The smallest absolute Gasteiger partial charge is 0.338 e. The Morgan fingerprint density at radius 3 is 2.24 bits per heavy atom. The second kappa shape index (κ2) is 10.2. The third-order valence-corrected chi connectivity index (χ3v) is 7.14. The van der Waals surface area contributed by atoms with Gasteiger partial charge in [0.15, 0.2) is 6.54 Å². The molecular formula is C20H32N3O5S+. The maximum atomic E-state index is 12.9. The van der Waals surface area contributed by atoms with E-state index in [9.17, 15) is 18.0 Å². The molecule has 0 saturated carbocycles. The number of benzene rings is 1. The van der Waals surface area contributed by atoms with Crippen LogP contribution in [0.25, 0.3) is 0 Å². The van der Waals surface area contributed by atoms with Crippen LogP contribution in [0.3, 0.4) is 0 Å². The van der Waals surface area contributed by atoms with Crippen molar-refractivity contribution in [2.75, 3.05) is 39.3 Å². The number of esters is 1. The molecule has 1 atom stereocenters. The number of hydrogen-bond donors (Lipinski definition) is 2. The summed E-state index contributed by atoms with van der Waals surface area (Å²) in [5, 5.41) is 2.99. The molecule has 1 amide bonds. The van der Waals surface area contributed by atoms with Crippen molar-refractivity contribution in [1.82, 2.24) is 9.62 Å². The van der Waals surface area contributed by atoms with Gasteiger partial charge in [-0.15, -0.1) is 0 Å². The largest absolute Gasteiger partial charge is 0.462 e. The molecule has 2 N–H and O–H groups in total. The lowest BCUT2D eigenvalue weighted by atomic mass is 10.1. The molecule has 0 aliphatic carbocycles. The Morgan fingerprint density at radius 2 is 1.72 bits per heavy atom. The summed E-state index contributed by atoms with van der Waals surface area (Å²) in [4.78, 5) is 25.1. The Kier molecular flexibility index (Phi) is 8.18. The molecule has 0 aromatic heterocycles. The van der Waals surface area contributed by atoms with Gasteiger partial charge in [0.1, 0.15) is 0 Å². The fourth-order valence-corrected chi connectivity index (χ4v) is 4.49. The Balaban J connectivity index is 1.92. The molecule has 0 unspecified atom stereocenters. The highest BCUT2D eigenvalue weighted by molar-refractivity contribution is 7.89. The minimum Gasteiger partial charge on any atom is -0.462 e. The van der Waals surface area contributed by atoms with Crippen molar-refractivity contribution in [1.29, 1.82) is 0 Å². The lowest BCUT2D eigenvalue weighted by Crippen LogP contribution is -3.15. The monoisotopic (exact) mass is 426 g/mol. The molecule has 1 aliphatic heterocycles. The average Bonchev–Trinajstić information content (AvgIpc) is 2.68. The van der Waals surface area contributed by atoms with Gasteiger partial charge in [-0.2, -0.15) is 4.31 Å². The molecular weight excluding hydrogens is 394 g/mol. The molecule has 162 valence electrons. The van der Waals surface area contributed by atoms with E-state index in [1.54, 1.807) is 6.92 Å². The second-order valence-electron chi connectivity index (χ2n) is 7.68. The van der Waals surface area contributed by atoms with E-state index < -0.39 is 16.0 Å². The highest BCUT2D eigenvalue weighted by Crippen LogP contribution is 2.17. The topological polar surface area (TPSA) is 97.2 Å². The lowest BCUT2D eigenvalue weighted by molar-refractivity contribution is -0.895. The third kappa shape index (κ3) is 6.25. The third-order valence-electron chi connectivity index (χ3n) is 5.23. The SMILES string of the molecule is CCOC(=O)c1ccc(S(=O)(=O)N2CC[NH+](CC(=O)N[C@@H](C)C(C)C)CC2)cc1. The van der Waals surface area contributed by atoms with E-state index in [4.69, 9.17) is 4.74 Å². The van der Waals surface area contributed by atoms with E-state index in [1.807, 2.05) is 6.92 Å². The number of amides is 1. The maximum Gasteiger partial charge on any atom is 0.338 e. The molecule has 1 heterocycles. The number of nitrogens with one attached hydrogen (secondary N) is 2. The molecule has 1 aromatic carbocycles.